The highest BCUT2D eigenvalue weighted by Gasteiger charge is 2.18. The number of amides is 1. The lowest BCUT2D eigenvalue weighted by Crippen LogP contribution is -2.24. The molecule has 0 saturated heterocycles. The number of nitrogens with one attached hydrogen (secondary N) is 1. The summed E-state index contributed by atoms with van der Waals surface area (Å²) in [6, 6.07) is 22.7. The Hall–Kier alpha value is -4.11. The molecule has 5 aromatic rings. The van der Waals surface area contributed by atoms with Crippen molar-refractivity contribution in [1.29, 1.82) is 0 Å². The summed E-state index contributed by atoms with van der Waals surface area (Å²) in [7, 11) is 0. The lowest BCUT2D eigenvalue weighted by Gasteiger charge is -2.11. The van der Waals surface area contributed by atoms with Gasteiger partial charge in [0, 0.05) is 5.69 Å². The van der Waals surface area contributed by atoms with Crippen LogP contribution in [0.3, 0.4) is 0 Å². The van der Waals surface area contributed by atoms with Gasteiger partial charge in [-0.1, -0.05) is 53.7 Å². The van der Waals surface area contributed by atoms with Crippen LogP contribution in [0, 0.1) is 6.92 Å². The number of hydrogen-bond acceptors (Lipinski definition) is 6. The van der Waals surface area contributed by atoms with Gasteiger partial charge in [-0.25, -0.2) is 0 Å². The number of thioether (sulfide) groups is 1. The van der Waals surface area contributed by atoms with Crippen LogP contribution in [0.4, 0.5) is 5.69 Å². The number of rotatable bonds is 8. The summed E-state index contributed by atoms with van der Waals surface area (Å²) in [5.41, 5.74) is 3.41. The summed E-state index contributed by atoms with van der Waals surface area (Å²) in [5, 5.41) is 12.7. The van der Waals surface area contributed by atoms with Gasteiger partial charge in [0.2, 0.25) is 11.7 Å². The van der Waals surface area contributed by atoms with E-state index in [-0.39, 0.29) is 17.2 Å². The lowest BCUT2D eigenvalue weighted by atomic mass is 10.1. The first-order valence-electron chi connectivity index (χ1n) is 11.6. The summed E-state index contributed by atoms with van der Waals surface area (Å²) < 4.78 is 8.92. The molecule has 0 radical (unpaired) electrons. The van der Waals surface area contributed by atoms with Gasteiger partial charge in [-0.3, -0.25) is 18.6 Å². The Morgan fingerprint density at radius 3 is 2.50 bits per heavy atom. The van der Waals surface area contributed by atoms with Crippen molar-refractivity contribution in [3.8, 4) is 5.75 Å². The van der Waals surface area contributed by atoms with Crippen LogP contribution >= 0.6 is 11.8 Å². The van der Waals surface area contributed by atoms with Crippen LogP contribution in [0.5, 0.6) is 5.75 Å². The van der Waals surface area contributed by atoms with Gasteiger partial charge in [0.15, 0.2) is 5.16 Å². The van der Waals surface area contributed by atoms with Crippen LogP contribution < -0.4 is 15.6 Å². The molecule has 1 amide bonds. The molecule has 0 aliphatic heterocycles. The van der Waals surface area contributed by atoms with Crippen molar-refractivity contribution in [1.82, 2.24) is 19.2 Å². The van der Waals surface area contributed by atoms with Crippen LogP contribution in [0.2, 0.25) is 0 Å². The second-order valence-corrected chi connectivity index (χ2v) is 9.25. The smallest absolute Gasteiger partial charge is 0.263 e. The molecular weight excluding hydrogens is 474 g/mol. The van der Waals surface area contributed by atoms with E-state index in [1.165, 1.54) is 11.8 Å². The number of aromatic nitrogens is 4. The van der Waals surface area contributed by atoms with Crippen molar-refractivity contribution < 1.29 is 9.53 Å². The predicted octanol–water partition coefficient (Wildman–Crippen LogP) is 4.53. The van der Waals surface area contributed by atoms with Crippen LogP contribution in [-0.2, 0) is 11.3 Å². The quantitative estimate of drug-likeness (QED) is 0.316. The molecule has 1 N–H and O–H groups in total. The highest BCUT2D eigenvalue weighted by atomic mass is 32.2. The van der Waals surface area contributed by atoms with E-state index in [0.717, 1.165) is 16.9 Å². The van der Waals surface area contributed by atoms with E-state index in [9.17, 15) is 9.59 Å². The molecule has 0 atom stereocenters. The van der Waals surface area contributed by atoms with E-state index < -0.39 is 0 Å². The summed E-state index contributed by atoms with van der Waals surface area (Å²) in [4.78, 5) is 26.0. The number of benzene rings is 3. The van der Waals surface area contributed by atoms with Gasteiger partial charge in [-0.2, -0.15) is 0 Å². The van der Waals surface area contributed by atoms with Crippen molar-refractivity contribution in [2.24, 2.45) is 0 Å². The average Bonchev–Trinajstić information content (AvgIpc) is 3.32. The molecule has 0 aliphatic rings. The molecule has 182 valence electrons. The zero-order valence-electron chi connectivity index (χ0n) is 20.0. The summed E-state index contributed by atoms with van der Waals surface area (Å²) >= 11 is 1.27. The zero-order valence-corrected chi connectivity index (χ0v) is 20.8. The molecular formula is C27H25N5O3S. The second kappa shape index (κ2) is 10.2. The standard InChI is InChI=1S/C27H25N5O3S/c1-3-35-21-14-12-20(13-15-21)28-24(33)17-36-27-30-29-26-31(16-19-10-8-18(2)9-11-19)25(34)22-6-4-5-7-23(22)32(26)27/h4-15H,3,16-17H2,1-2H3,(H,28,33). The highest BCUT2D eigenvalue weighted by molar-refractivity contribution is 7.99. The minimum Gasteiger partial charge on any atom is -0.494 e. The van der Waals surface area contributed by atoms with Gasteiger partial charge in [-0.15, -0.1) is 10.2 Å². The SMILES string of the molecule is CCOc1ccc(NC(=O)CSc2nnc3n(Cc4ccc(C)cc4)c(=O)c4ccccc4n23)cc1. The van der Waals surface area contributed by atoms with Gasteiger partial charge in [-0.05, 0) is 55.8 Å². The van der Waals surface area contributed by atoms with Crippen molar-refractivity contribution in [3.63, 3.8) is 0 Å². The summed E-state index contributed by atoms with van der Waals surface area (Å²) in [5.74, 6) is 1.16. The van der Waals surface area contributed by atoms with Crippen LogP contribution in [0.15, 0.2) is 82.7 Å². The monoisotopic (exact) mass is 499 g/mol. The molecule has 0 fully saturated rings. The average molecular weight is 500 g/mol. The van der Waals surface area contributed by atoms with Crippen molar-refractivity contribution in [2.75, 3.05) is 17.7 Å². The zero-order chi connectivity index (χ0) is 25.1. The number of para-hydroxylation sites is 1. The normalized spacial score (nSPS) is 11.2. The third kappa shape index (κ3) is 4.83. The molecule has 2 aromatic heterocycles. The first kappa shape index (κ1) is 23.6. The van der Waals surface area contributed by atoms with Gasteiger partial charge < -0.3 is 10.1 Å². The third-order valence-electron chi connectivity index (χ3n) is 5.72. The predicted molar refractivity (Wildman–Crippen MR) is 142 cm³/mol. The first-order chi connectivity index (χ1) is 17.5. The van der Waals surface area contributed by atoms with Crippen LogP contribution in [-0.4, -0.2) is 37.4 Å². The van der Waals surface area contributed by atoms with E-state index >= 15 is 0 Å². The molecule has 2 heterocycles. The maximum atomic E-state index is 13.4. The fourth-order valence-corrected chi connectivity index (χ4v) is 4.71. The van der Waals surface area contributed by atoms with Crippen LogP contribution in [0.1, 0.15) is 18.1 Å². The first-order valence-corrected chi connectivity index (χ1v) is 12.6. The van der Waals surface area contributed by atoms with E-state index in [2.05, 4.69) is 15.5 Å². The molecule has 8 nitrogen and oxygen atoms in total. The molecule has 5 rings (SSSR count). The Balaban J connectivity index is 1.43. The Kier molecular flexibility index (Phi) is 6.73. The molecule has 0 spiro atoms. The molecule has 9 heteroatoms. The molecule has 3 aromatic carbocycles. The van der Waals surface area contributed by atoms with Crippen molar-refractivity contribution >= 4 is 40.0 Å². The molecule has 0 bridgehead atoms. The molecule has 0 aliphatic carbocycles. The number of carbonyl (C=O) groups is 1. The van der Waals surface area contributed by atoms with Gasteiger partial charge in [0.05, 0.1) is 29.8 Å². The fraction of sp³-hybridized carbons (Fsp3) is 0.185. The number of fused-ring (bicyclic) bond motifs is 3. The fourth-order valence-electron chi connectivity index (χ4n) is 3.97. The number of anilines is 1. The third-order valence-corrected chi connectivity index (χ3v) is 6.65. The van der Waals surface area contributed by atoms with E-state index in [1.807, 2.05) is 72.8 Å². The molecule has 36 heavy (non-hydrogen) atoms. The van der Waals surface area contributed by atoms with Crippen molar-refractivity contribution in [3.05, 3.63) is 94.3 Å². The van der Waals surface area contributed by atoms with Gasteiger partial charge in [0.1, 0.15) is 5.75 Å². The van der Waals surface area contributed by atoms with Crippen molar-refractivity contribution in [2.45, 2.75) is 25.5 Å². The van der Waals surface area contributed by atoms with E-state index in [4.69, 9.17) is 4.74 Å². The topological polar surface area (TPSA) is 90.5 Å². The molecule has 0 saturated carbocycles. The van der Waals surface area contributed by atoms with Gasteiger partial charge >= 0.3 is 0 Å². The number of carbonyl (C=O) groups excluding carboxylic acids is 1. The summed E-state index contributed by atoms with van der Waals surface area (Å²) in [6.45, 7) is 4.90. The molecule has 0 unspecified atom stereocenters. The minimum absolute atomic E-state index is 0.129. The number of nitrogens with zero attached hydrogens (tertiary/aromatic N) is 4. The van der Waals surface area contributed by atoms with E-state index in [1.54, 1.807) is 22.8 Å². The number of ether oxygens (including phenoxy) is 1. The number of aryl methyl sites for hydroxylation is 1. The largest absolute Gasteiger partial charge is 0.494 e. The lowest BCUT2D eigenvalue weighted by molar-refractivity contribution is -0.113. The Bertz CT molecular complexity index is 1590. The van der Waals surface area contributed by atoms with E-state index in [0.29, 0.717) is 40.7 Å². The summed E-state index contributed by atoms with van der Waals surface area (Å²) in [6.07, 6.45) is 0. The second-order valence-electron chi connectivity index (χ2n) is 8.31. The maximum absolute atomic E-state index is 13.4. The Labute approximate surface area is 211 Å². The highest BCUT2D eigenvalue weighted by Crippen LogP contribution is 2.23. The van der Waals surface area contributed by atoms with Gasteiger partial charge in [0.25, 0.3) is 5.56 Å². The number of hydrogen-bond donors (Lipinski definition) is 1. The minimum atomic E-state index is -0.168. The Morgan fingerprint density at radius 2 is 1.75 bits per heavy atom. The Morgan fingerprint density at radius 1 is 1.00 bits per heavy atom. The maximum Gasteiger partial charge on any atom is 0.263 e. The van der Waals surface area contributed by atoms with Crippen LogP contribution in [0.25, 0.3) is 16.7 Å².